The van der Waals surface area contributed by atoms with Gasteiger partial charge in [0.2, 0.25) is 5.91 Å². The van der Waals surface area contributed by atoms with Crippen molar-refractivity contribution in [2.24, 2.45) is 29.4 Å². The molecule has 40 heavy (non-hydrogen) atoms. The summed E-state index contributed by atoms with van der Waals surface area (Å²) in [6.07, 6.45) is -0.147. The van der Waals surface area contributed by atoms with Crippen LogP contribution in [0.2, 0.25) is 0 Å². The Balaban J connectivity index is 1.31. The maximum Gasteiger partial charge on any atom is 0.235 e. The zero-order valence-electron chi connectivity index (χ0n) is 20.7. The molecular weight excluding hydrogens is 541 g/mol. The minimum atomic E-state index is -2.69. The number of hydrogen-bond donors (Lipinski definition) is 4. The van der Waals surface area contributed by atoms with E-state index in [0.717, 1.165) is 0 Å². The topological polar surface area (TPSA) is 177 Å². The van der Waals surface area contributed by atoms with Crippen molar-refractivity contribution in [3.05, 3.63) is 58.7 Å². The van der Waals surface area contributed by atoms with Crippen LogP contribution >= 0.6 is 11.3 Å². The Morgan fingerprint density at radius 1 is 1.07 bits per heavy atom. The highest BCUT2D eigenvalue weighted by atomic mass is 32.1. The van der Waals surface area contributed by atoms with Crippen LogP contribution in [0.5, 0.6) is 5.75 Å². The molecule has 1 amide bonds. The minimum Gasteiger partial charge on any atom is -0.505 e. The number of carbonyl (C=O) groups excluding carboxylic acids is 5. The lowest BCUT2D eigenvalue weighted by Gasteiger charge is -2.48. The number of fused-ring (bicyclic) bond motifs is 3. The largest absolute Gasteiger partial charge is 0.505 e. The van der Waals surface area contributed by atoms with Crippen molar-refractivity contribution in [1.29, 1.82) is 0 Å². The number of nitrogens with two attached hydrogens (primary N) is 1. The number of halogens is 1. The molecule has 0 aliphatic heterocycles. The molecule has 5 atom stereocenters. The van der Waals surface area contributed by atoms with E-state index in [-0.39, 0.29) is 36.3 Å². The van der Waals surface area contributed by atoms with E-state index in [0.29, 0.717) is 22.0 Å². The number of nitrogens with zero attached hydrogens (tertiary/aromatic N) is 1. The number of benzene rings is 2. The van der Waals surface area contributed by atoms with Crippen LogP contribution in [0.1, 0.15) is 28.8 Å². The third-order valence-corrected chi connectivity index (χ3v) is 8.92. The lowest BCUT2D eigenvalue weighted by atomic mass is 9.54. The maximum absolute atomic E-state index is 13.7. The van der Waals surface area contributed by atoms with Crippen LogP contribution in [0.4, 0.5) is 15.2 Å². The van der Waals surface area contributed by atoms with Gasteiger partial charge in [-0.25, -0.2) is 9.37 Å². The first-order chi connectivity index (χ1) is 19.0. The number of ketones is 4. The number of hydrogen-bond acceptors (Lipinski definition) is 10. The van der Waals surface area contributed by atoms with Crippen LogP contribution in [0.3, 0.4) is 0 Å². The van der Waals surface area contributed by atoms with Crippen molar-refractivity contribution < 1.29 is 38.6 Å². The van der Waals surface area contributed by atoms with Gasteiger partial charge in [-0.1, -0.05) is 6.07 Å². The van der Waals surface area contributed by atoms with Gasteiger partial charge < -0.3 is 21.3 Å². The van der Waals surface area contributed by atoms with Gasteiger partial charge in [0.25, 0.3) is 0 Å². The van der Waals surface area contributed by atoms with Crippen molar-refractivity contribution in [2.75, 3.05) is 5.32 Å². The summed E-state index contributed by atoms with van der Waals surface area (Å²) in [7, 11) is 0. The van der Waals surface area contributed by atoms with E-state index in [2.05, 4.69) is 10.3 Å². The van der Waals surface area contributed by atoms with Gasteiger partial charge in [0.1, 0.15) is 11.6 Å². The molecule has 0 radical (unpaired) electrons. The lowest BCUT2D eigenvalue weighted by molar-refractivity contribution is -0.175. The molecule has 10 nitrogen and oxygen atoms in total. The van der Waals surface area contributed by atoms with E-state index in [1.807, 2.05) is 0 Å². The SMILES string of the molecule is NC(=O)C1C(=O)C[C@@H]2C[C@@H]3Cc4ccc(Nc5nc(-c6ccc(F)cc6)cs5)c(O)c4C(=O)C3C(=O)[C@]2(O)C1=O. The number of primary amides is 1. The average Bonchev–Trinajstić information content (AvgIpc) is 3.36. The highest BCUT2D eigenvalue weighted by Gasteiger charge is 2.66. The molecule has 0 spiro atoms. The van der Waals surface area contributed by atoms with Gasteiger partial charge >= 0.3 is 0 Å². The number of rotatable bonds is 4. The fraction of sp³-hybridized carbons (Fsp3) is 0.286. The van der Waals surface area contributed by atoms with E-state index >= 15 is 0 Å². The van der Waals surface area contributed by atoms with Gasteiger partial charge in [-0.15, -0.1) is 11.3 Å². The summed E-state index contributed by atoms with van der Waals surface area (Å²) in [5.74, 6) is -11.0. The van der Waals surface area contributed by atoms with Crippen LogP contribution in [0.15, 0.2) is 41.8 Å². The number of carbonyl (C=O) groups is 5. The van der Waals surface area contributed by atoms with Crippen molar-refractivity contribution >= 4 is 51.2 Å². The minimum absolute atomic E-state index is 0.0348. The first-order valence-electron chi connectivity index (χ1n) is 12.5. The molecule has 6 rings (SSSR count). The van der Waals surface area contributed by atoms with Crippen LogP contribution in [0, 0.1) is 29.5 Å². The van der Waals surface area contributed by atoms with E-state index in [9.17, 15) is 38.6 Å². The molecule has 3 aliphatic rings. The Kier molecular flexibility index (Phi) is 5.93. The fourth-order valence-electron chi connectivity index (χ4n) is 6.24. The van der Waals surface area contributed by atoms with Gasteiger partial charge in [-0.3, -0.25) is 24.0 Å². The smallest absolute Gasteiger partial charge is 0.235 e. The highest BCUT2D eigenvalue weighted by Crippen LogP contribution is 2.50. The summed E-state index contributed by atoms with van der Waals surface area (Å²) >= 11 is 1.22. The second-order valence-electron chi connectivity index (χ2n) is 10.4. The predicted octanol–water partition coefficient (Wildman–Crippen LogP) is 2.33. The third kappa shape index (κ3) is 3.78. The molecule has 204 valence electrons. The monoisotopic (exact) mass is 563 g/mol. The van der Waals surface area contributed by atoms with Crippen LogP contribution in [-0.4, -0.2) is 49.8 Å². The lowest BCUT2D eigenvalue weighted by Crippen LogP contribution is -2.68. The molecule has 3 aliphatic carbocycles. The zero-order valence-corrected chi connectivity index (χ0v) is 21.5. The Morgan fingerprint density at radius 3 is 2.50 bits per heavy atom. The number of aliphatic hydroxyl groups is 1. The number of amides is 1. The molecule has 0 saturated heterocycles. The first kappa shape index (κ1) is 26.0. The Morgan fingerprint density at radius 2 is 1.80 bits per heavy atom. The van der Waals surface area contributed by atoms with Crippen molar-refractivity contribution in [1.82, 2.24) is 4.98 Å². The molecule has 2 unspecified atom stereocenters. The molecule has 12 heteroatoms. The number of Topliss-reactive ketones (excluding diaryl/α,β-unsaturated/α-hetero) is 4. The predicted molar refractivity (Wildman–Crippen MR) is 139 cm³/mol. The number of nitrogens with one attached hydrogen (secondary N) is 1. The molecule has 2 fully saturated rings. The summed E-state index contributed by atoms with van der Waals surface area (Å²) < 4.78 is 13.3. The quantitative estimate of drug-likeness (QED) is 0.274. The summed E-state index contributed by atoms with van der Waals surface area (Å²) in [5, 5.41) is 27.5. The Labute approximate surface area is 230 Å². The van der Waals surface area contributed by atoms with E-state index in [1.54, 1.807) is 29.6 Å². The number of phenolic OH excluding ortho intramolecular Hbond substituents is 1. The summed E-state index contributed by atoms with van der Waals surface area (Å²) in [4.78, 5) is 68.9. The molecule has 5 N–H and O–H groups in total. The Hall–Kier alpha value is -4.29. The standard InChI is InChI=1S/C28H22FN3O7S/c29-15-4-1-11(2-5-15)17-10-40-27(32-17)31-16-6-3-12-7-13-8-14-9-18(33)21(26(30)38)25(37)28(14,39)24(36)20(13)23(35)19(12)22(16)34/h1-6,10,13-14,20-21,34,39H,7-9H2,(H2,30,38)(H,31,32)/t13-,14-,20?,21?,28-/m0/s1. The third-order valence-electron chi connectivity index (χ3n) is 8.16. The molecule has 1 aromatic heterocycles. The summed E-state index contributed by atoms with van der Waals surface area (Å²) in [6.45, 7) is 0. The second-order valence-corrected chi connectivity index (χ2v) is 11.3. The maximum atomic E-state index is 13.7. The van der Waals surface area contributed by atoms with E-state index in [4.69, 9.17) is 5.73 Å². The normalized spacial score (nSPS) is 27.6. The van der Waals surface area contributed by atoms with Crippen molar-refractivity contribution in [3.8, 4) is 17.0 Å². The van der Waals surface area contributed by atoms with Gasteiger partial charge in [-0.2, -0.15) is 0 Å². The molecule has 1 heterocycles. The van der Waals surface area contributed by atoms with E-state index in [1.165, 1.54) is 23.5 Å². The van der Waals surface area contributed by atoms with E-state index < -0.39 is 64.1 Å². The van der Waals surface area contributed by atoms with Gasteiger partial charge in [0, 0.05) is 23.3 Å². The highest BCUT2D eigenvalue weighted by molar-refractivity contribution is 7.14. The fourth-order valence-corrected chi connectivity index (χ4v) is 6.98. The second kappa shape index (κ2) is 9.14. The number of aromatic nitrogens is 1. The van der Waals surface area contributed by atoms with Gasteiger partial charge in [0.05, 0.1) is 22.9 Å². The van der Waals surface area contributed by atoms with Crippen LogP contribution in [-0.2, 0) is 25.6 Å². The number of anilines is 2. The molecule has 2 aromatic carbocycles. The molecular formula is C28H22FN3O7S. The number of aromatic hydroxyl groups is 1. The molecule has 2 saturated carbocycles. The molecule has 3 aromatic rings. The number of phenols is 1. The summed E-state index contributed by atoms with van der Waals surface area (Å²) in [5.41, 5.74) is 4.31. The van der Waals surface area contributed by atoms with Crippen molar-refractivity contribution in [3.63, 3.8) is 0 Å². The van der Waals surface area contributed by atoms with Crippen LogP contribution in [0.25, 0.3) is 11.3 Å². The zero-order chi connectivity index (χ0) is 28.5. The van der Waals surface area contributed by atoms with Crippen LogP contribution < -0.4 is 11.1 Å². The van der Waals surface area contributed by atoms with Crippen molar-refractivity contribution in [2.45, 2.75) is 24.9 Å². The Bertz CT molecular complexity index is 1630. The van der Waals surface area contributed by atoms with Gasteiger partial charge in [-0.05, 0) is 54.7 Å². The van der Waals surface area contributed by atoms with Gasteiger partial charge in [0.15, 0.2) is 39.8 Å². The first-order valence-corrected chi connectivity index (χ1v) is 13.4. The molecule has 0 bridgehead atoms. The average molecular weight is 564 g/mol. The number of thiazole rings is 1. The summed E-state index contributed by atoms with van der Waals surface area (Å²) in [6, 6.07) is 9.01.